The van der Waals surface area contributed by atoms with Crippen molar-refractivity contribution in [2.24, 2.45) is 5.92 Å². The molecule has 0 aromatic heterocycles. The monoisotopic (exact) mass is 131 g/mol. The maximum atomic E-state index is 10.1. The third kappa shape index (κ3) is 2.46. The molecule has 0 saturated carbocycles. The summed E-state index contributed by atoms with van der Waals surface area (Å²) in [6.45, 7) is 3.79. The average molecular weight is 131 g/mol. The van der Waals surface area contributed by atoms with E-state index in [1.807, 2.05) is 13.8 Å². The second-order valence-corrected chi connectivity index (χ2v) is 2.31. The normalized spacial score (nSPS) is 16.8. The minimum Gasteiger partial charge on any atom is -0.544 e. The van der Waals surface area contributed by atoms with E-state index in [1.165, 1.54) is 0 Å². The molecule has 0 heterocycles. The van der Waals surface area contributed by atoms with Crippen LogP contribution in [0.25, 0.3) is 0 Å². The summed E-state index contributed by atoms with van der Waals surface area (Å²) in [6, 6.07) is -0.560. The first kappa shape index (κ1) is 8.43. The van der Waals surface area contributed by atoms with Crippen LogP contribution in [0.5, 0.6) is 0 Å². The number of rotatable bonds is 3. The number of hydrogen-bond acceptors (Lipinski definition) is 2. The molecule has 1 unspecified atom stereocenters. The van der Waals surface area contributed by atoms with Gasteiger partial charge in [0.15, 0.2) is 0 Å². The summed E-state index contributed by atoms with van der Waals surface area (Å²) in [5.74, 6) is -0.931. The molecule has 2 atom stereocenters. The lowest BCUT2D eigenvalue weighted by atomic mass is 10.0. The average Bonchev–Trinajstić information content (AvgIpc) is 1.84. The highest BCUT2D eigenvalue weighted by Crippen LogP contribution is 2.01. The number of carbonyl (C=O) groups is 1. The molecular weight excluding hydrogens is 118 g/mol. The van der Waals surface area contributed by atoms with Crippen LogP contribution in [-0.4, -0.2) is 12.0 Å². The number of carboxylic acids is 1. The van der Waals surface area contributed by atoms with Gasteiger partial charge in [0.05, 0.1) is 5.97 Å². The van der Waals surface area contributed by atoms with Gasteiger partial charge in [-0.3, -0.25) is 0 Å². The number of quaternary nitrogens is 1. The Morgan fingerprint density at radius 3 is 2.33 bits per heavy atom. The lowest BCUT2D eigenvalue weighted by molar-refractivity contribution is -0.447. The first-order valence-corrected chi connectivity index (χ1v) is 3.13. The largest absolute Gasteiger partial charge is 0.544 e. The van der Waals surface area contributed by atoms with Crippen LogP contribution in [0.4, 0.5) is 0 Å². The number of hydrogen-bond donors (Lipinski definition) is 1. The van der Waals surface area contributed by atoms with Crippen molar-refractivity contribution in [2.45, 2.75) is 26.3 Å². The van der Waals surface area contributed by atoms with Crippen LogP contribution in [-0.2, 0) is 4.79 Å². The van der Waals surface area contributed by atoms with Crippen LogP contribution < -0.4 is 10.8 Å². The maximum absolute atomic E-state index is 10.1. The first-order valence-electron chi connectivity index (χ1n) is 3.13. The fourth-order valence-electron chi connectivity index (χ4n) is 0.517. The van der Waals surface area contributed by atoms with Gasteiger partial charge in [-0.2, -0.15) is 0 Å². The van der Waals surface area contributed by atoms with Crippen molar-refractivity contribution in [3.8, 4) is 0 Å². The summed E-state index contributed by atoms with van der Waals surface area (Å²) >= 11 is 0. The Kier molecular flexibility index (Phi) is 3.24. The Balaban J connectivity index is 3.72. The third-order valence-corrected chi connectivity index (χ3v) is 1.63. The molecular formula is C6H13NO2. The molecule has 0 aromatic rings. The summed E-state index contributed by atoms with van der Waals surface area (Å²) < 4.78 is 0. The third-order valence-electron chi connectivity index (χ3n) is 1.63. The molecule has 54 valence electrons. The second-order valence-electron chi connectivity index (χ2n) is 2.31. The summed E-state index contributed by atoms with van der Waals surface area (Å²) in [5.41, 5.74) is 3.45. The van der Waals surface area contributed by atoms with Crippen molar-refractivity contribution in [1.82, 2.24) is 0 Å². The minimum atomic E-state index is -1.05. The highest BCUT2D eigenvalue weighted by Gasteiger charge is 2.14. The molecule has 0 rings (SSSR count). The van der Waals surface area contributed by atoms with Crippen molar-refractivity contribution in [2.75, 3.05) is 0 Å². The molecule has 0 aromatic carbocycles. The molecule has 0 aliphatic carbocycles. The molecule has 0 radical (unpaired) electrons. The molecule has 0 amide bonds. The second kappa shape index (κ2) is 3.45. The maximum Gasteiger partial charge on any atom is 0.127 e. The zero-order chi connectivity index (χ0) is 7.44. The standard InChI is InChI=1S/C6H13NO2/c1-3-4(2)5(7)6(8)9/h4-5H,3,7H2,1-2H3,(H,8,9)/t4-,5?/m0/s1. The Morgan fingerprint density at radius 1 is 1.78 bits per heavy atom. The van der Waals surface area contributed by atoms with E-state index in [4.69, 9.17) is 0 Å². The Morgan fingerprint density at radius 2 is 2.22 bits per heavy atom. The van der Waals surface area contributed by atoms with Gasteiger partial charge >= 0.3 is 0 Å². The molecule has 9 heavy (non-hydrogen) atoms. The van der Waals surface area contributed by atoms with Crippen molar-refractivity contribution in [3.05, 3.63) is 0 Å². The van der Waals surface area contributed by atoms with Gasteiger partial charge in [0, 0.05) is 5.92 Å². The van der Waals surface area contributed by atoms with Gasteiger partial charge in [0.2, 0.25) is 0 Å². The first-order chi connectivity index (χ1) is 4.09. The molecule has 3 N–H and O–H groups in total. The molecule has 0 aliphatic heterocycles. The van der Waals surface area contributed by atoms with Crippen molar-refractivity contribution in [3.63, 3.8) is 0 Å². The van der Waals surface area contributed by atoms with Crippen molar-refractivity contribution >= 4 is 5.97 Å². The van der Waals surface area contributed by atoms with E-state index >= 15 is 0 Å². The molecule has 0 spiro atoms. The predicted molar refractivity (Wildman–Crippen MR) is 31.1 cm³/mol. The lowest BCUT2D eigenvalue weighted by Gasteiger charge is -2.14. The Hall–Kier alpha value is -0.570. The molecule has 3 heteroatoms. The van der Waals surface area contributed by atoms with Crippen LogP contribution in [0.3, 0.4) is 0 Å². The molecule has 0 fully saturated rings. The number of carbonyl (C=O) groups excluding carboxylic acids is 1. The van der Waals surface area contributed by atoms with Crippen LogP contribution >= 0.6 is 0 Å². The summed E-state index contributed by atoms with van der Waals surface area (Å²) in [5, 5.41) is 10.1. The van der Waals surface area contributed by atoms with Gasteiger partial charge in [-0.25, -0.2) is 0 Å². The van der Waals surface area contributed by atoms with Gasteiger partial charge in [-0.05, 0) is 6.42 Å². The quantitative estimate of drug-likeness (QED) is 0.501. The fraction of sp³-hybridized carbons (Fsp3) is 0.833. The Bertz CT molecular complexity index is 103. The molecule has 3 nitrogen and oxygen atoms in total. The van der Waals surface area contributed by atoms with Crippen LogP contribution in [0.2, 0.25) is 0 Å². The fourth-order valence-corrected chi connectivity index (χ4v) is 0.517. The van der Waals surface area contributed by atoms with E-state index in [9.17, 15) is 9.90 Å². The number of carboxylic acid groups (broad SMARTS) is 1. The minimum absolute atomic E-state index is 0.120. The van der Waals surface area contributed by atoms with E-state index in [0.717, 1.165) is 6.42 Å². The Labute approximate surface area is 54.9 Å². The molecule has 0 bridgehead atoms. The van der Waals surface area contributed by atoms with Crippen LogP contribution in [0.15, 0.2) is 0 Å². The van der Waals surface area contributed by atoms with Gasteiger partial charge in [0.25, 0.3) is 0 Å². The van der Waals surface area contributed by atoms with Crippen molar-refractivity contribution in [1.29, 1.82) is 0 Å². The van der Waals surface area contributed by atoms with E-state index in [1.54, 1.807) is 0 Å². The zero-order valence-corrected chi connectivity index (χ0v) is 5.89. The van der Waals surface area contributed by atoms with Gasteiger partial charge in [-0.15, -0.1) is 0 Å². The van der Waals surface area contributed by atoms with E-state index in [0.29, 0.717) is 0 Å². The van der Waals surface area contributed by atoms with E-state index in [-0.39, 0.29) is 5.92 Å². The van der Waals surface area contributed by atoms with Crippen LogP contribution in [0.1, 0.15) is 20.3 Å². The number of aliphatic carboxylic acids is 1. The molecule has 0 saturated heterocycles. The van der Waals surface area contributed by atoms with Crippen molar-refractivity contribution < 1.29 is 15.6 Å². The van der Waals surface area contributed by atoms with E-state index in [2.05, 4.69) is 5.73 Å². The summed E-state index contributed by atoms with van der Waals surface area (Å²) in [6.07, 6.45) is 0.835. The summed E-state index contributed by atoms with van der Waals surface area (Å²) in [7, 11) is 0. The lowest BCUT2D eigenvalue weighted by Crippen LogP contribution is -2.70. The van der Waals surface area contributed by atoms with Crippen LogP contribution in [0, 0.1) is 5.92 Å². The highest BCUT2D eigenvalue weighted by molar-refractivity contribution is 5.69. The smallest absolute Gasteiger partial charge is 0.127 e. The topological polar surface area (TPSA) is 67.8 Å². The van der Waals surface area contributed by atoms with Gasteiger partial charge in [-0.1, -0.05) is 13.8 Å². The predicted octanol–water partition coefficient (Wildman–Crippen LogP) is -1.61. The van der Waals surface area contributed by atoms with Gasteiger partial charge < -0.3 is 15.6 Å². The zero-order valence-electron chi connectivity index (χ0n) is 5.89. The highest BCUT2D eigenvalue weighted by atomic mass is 16.4. The van der Waals surface area contributed by atoms with Gasteiger partial charge in [0.1, 0.15) is 6.04 Å². The SMILES string of the molecule is CC[C@H](C)C([NH3+])C(=O)[O-]. The molecule has 0 aliphatic rings. The van der Waals surface area contributed by atoms with E-state index < -0.39 is 12.0 Å². The summed E-state index contributed by atoms with van der Waals surface area (Å²) in [4.78, 5) is 10.1.